The quantitative estimate of drug-likeness (QED) is 0.444. The number of hydrogen-bond acceptors (Lipinski definition) is 10. The van der Waals surface area contributed by atoms with Gasteiger partial charge in [0.15, 0.2) is 0 Å². The minimum Gasteiger partial charge on any atom is -0.236 e. The average molecular weight is 439 g/mol. The highest BCUT2D eigenvalue weighted by Crippen LogP contribution is 2.40. The van der Waals surface area contributed by atoms with E-state index < -0.39 is 0 Å². The summed E-state index contributed by atoms with van der Waals surface area (Å²) < 4.78 is 3.83. The first-order valence-electron chi connectivity index (χ1n) is 10.0. The third kappa shape index (κ3) is 3.23. The Morgan fingerprint density at radius 3 is 1.57 bits per heavy atom. The standard InChI is InChI=1S/C18H18N10S2/c1-2-10-14-13(9-1)19-15(29-17-21-23-25-27(17)11-5-3-6-11)16(20-14)30-18-22-24-26-28(18)12-7-4-8-12/h1-2,9-12H,3-8H2. The van der Waals surface area contributed by atoms with Gasteiger partial charge in [0, 0.05) is 0 Å². The fraction of sp³-hybridized carbons (Fsp3) is 0.444. The van der Waals surface area contributed by atoms with Crippen molar-refractivity contribution in [2.75, 3.05) is 0 Å². The molecule has 12 heteroatoms. The Balaban J connectivity index is 1.38. The summed E-state index contributed by atoms with van der Waals surface area (Å²) in [6.07, 6.45) is 6.88. The van der Waals surface area contributed by atoms with Gasteiger partial charge in [0.25, 0.3) is 0 Å². The first-order valence-corrected chi connectivity index (χ1v) is 11.7. The van der Waals surface area contributed by atoms with Crippen molar-refractivity contribution in [3.63, 3.8) is 0 Å². The van der Waals surface area contributed by atoms with Gasteiger partial charge in [0.1, 0.15) is 10.1 Å². The number of para-hydroxylation sites is 2. The second-order valence-corrected chi connectivity index (χ2v) is 9.42. The maximum atomic E-state index is 4.88. The minimum absolute atomic E-state index is 0.373. The predicted octanol–water partition coefficient (Wildman–Crippen LogP) is 3.36. The molecule has 152 valence electrons. The largest absolute Gasteiger partial charge is 0.236 e. The van der Waals surface area contributed by atoms with Crippen LogP contribution in [0.4, 0.5) is 0 Å². The molecule has 0 aliphatic heterocycles. The zero-order valence-electron chi connectivity index (χ0n) is 16.0. The molecule has 0 unspecified atom stereocenters. The van der Waals surface area contributed by atoms with Gasteiger partial charge in [-0.2, -0.15) is 0 Å². The van der Waals surface area contributed by atoms with Crippen molar-refractivity contribution >= 4 is 34.6 Å². The molecule has 3 heterocycles. The van der Waals surface area contributed by atoms with E-state index in [9.17, 15) is 0 Å². The van der Waals surface area contributed by atoms with Crippen LogP contribution in [0.25, 0.3) is 11.0 Å². The van der Waals surface area contributed by atoms with Crippen molar-refractivity contribution in [1.82, 2.24) is 50.4 Å². The number of tetrazole rings is 2. The molecule has 2 aliphatic rings. The highest BCUT2D eigenvalue weighted by atomic mass is 32.2. The fourth-order valence-electron chi connectivity index (χ4n) is 3.50. The van der Waals surface area contributed by atoms with Gasteiger partial charge in [0.05, 0.1) is 23.1 Å². The van der Waals surface area contributed by atoms with Crippen LogP contribution in [0.3, 0.4) is 0 Å². The van der Waals surface area contributed by atoms with E-state index in [4.69, 9.17) is 9.97 Å². The van der Waals surface area contributed by atoms with Crippen LogP contribution in [-0.4, -0.2) is 50.4 Å². The summed E-state index contributed by atoms with van der Waals surface area (Å²) in [5.41, 5.74) is 1.68. The number of hydrogen-bond donors (Lipinski definition) is 0. The smallest absolute Gasteiger partial charge is 0.215 e. The van der Waals surface area contributed by atoms with Crippen LogP contribution < -0.4 is 0 Å². The van der Waals surface area contributed by atoms with Gasteiger partial charge in [-0.05, 0) is 95.0 Å². The summed E-state index contributed by atoms with van der Waals surface area (Å²) in [6, 6.07) is 8.61. The molecule has 0 spiro atoms. The van der Waals surface area contributed by atoms with Crippen molar-refractivity contribution < 1.29 is 0 Å². The Morgan fingerprint density at radius 2 is 1.17 bits per heavy atom. The van der Waals surface area contributed by atoms with Crippen molar-refractivity contribution in [2.24, 2.45) is 0 Å². The predicted molar refractivity (Wildman–Crippen MR) is 109 cm³/mol. The van der Waals surface area contributed by atoms with Crippen LogP contribution in [-0.2, 0) is 0 Å². The van der Waals surface area contributed by atoms with E-state index in [1.54, 1.807) is 0 Å². The summed E-state index contributed by atoms with van der Waals surface area (Å²) in [4.78, 5) is 9.75. The second-order valence-electron chi connectivity index (χ2n) is 7.51. The SMILES string of the molecule is c1ccc2nc(Sc3nnnn3C3CCC3)c(Sc3nnnn3C3CCC3)nc2c1. The first kappa shape index (κ1) is 18.2. The molecule has 2 saturated carbocycles. The Morgan fingerprint density at radius 1 is 0.700 bits per heavy atom. The molecule has 0 N–H and O–H groups in total. The third-order valence-corrected chi connectivity index (χ3v) is 7.64. The Kier molecular flexibility index (Phi) is 4.60. The molecule has 1 aromatic carbocycles. The van der Waals surface area contributed by atoms with Crippen LogP contribution in [0.1, 0.15) is 50.6 Å². The molecule has 0 atom stereocenters. The van der Waals surface area contributed by atoms with Crippen LogP contribution in [0.5, 0.6) is 0 Å². The van der Waals surface area contributed by atoms with Crippen molar-refractivity contribution in [3.05, 3.63) is 24.3 Å². The van der Waals surface area contributed by atoms with E-state index in [-0.39, 0.29) is 0 Å². The molecule has 0 bridgehead atoms. The normalized spacial score (nSPS) is 17.2. The summed E-state index contributed by atoms with van der Waals surface area (Å²) in [6.45, 7) is 0. The second kappa shape index (κ2) is 7.58. The van der Waals surface area contributed by atoms with E-state index >= 15 is 0 Å². The van der Waals surface area contributed by atoms with Crippen LogP contribution >= 0.6 is 23.5 Å². The number of nitrogens with zero attached hydrogens (tertiary/aromatic N) is 10. The first-order chi connectivity index (χ1) is 14.8. The monoisotopic (exact) mass is 438 g/mol. The van der Waals surface area contributed by atoms with E-state index in [0.717, 1.165) is 57.1 Å². The van der Waals surface area contributed by atoms with E-state index in [2.05, 4.69) is 31.1 Å². The molecule has 30 heavy (non-hydrogen) atoms. The lowest BCUT2D eigenvalue weighted by atomic mass is 9.94. The minimum atomic E-state index is 0.373. The van der Waals surface area contributed by atoms with Gasteiger partial charge in [0.2, 0.25) is 10.3 Å². The Hall–Kier alpha value is -2.60. The molecule has 3 aromatic heterocycles. The van der Waals surface area contributed by atoms with Crippen molar-refractivity contribution in [1.29, 1.82) is 0 Å². The summed E-state index contributed by atoms with van der Waals surface area (Å²) in [5, 5.41) is 27.7. The number of rotatable bonds is 6. The summed E-state index contributed by atoms with van der Waals surface area (Å²) in [7, 11) is 0. The molecule has 10 nitrogen and oxygen atoms in total. The van der Waals surface area contributed by atoms with Gasteiger partial charge in [-0.25, -0.2) is 19.3 Å². The highest BCUT2D eigenvalue weighted by Gasteiger charge is 2.27. The molecule has 0 saturated heterocycles. The van der Waals surface area contributed by atoms with Gasteiger partial charge in [-0.15, -0.1) is 10.2 Å². The lowest BCUT2D eigenvalue weighted by Crippen LogP contribution is -2.19. The topological polar surface area (TPSA) is 113 Å². The zero-order valence-corrected chi connectivity index (χ0v) is 17.6. The summed E-state index contributed by atoms with van der Waals surface area (Å²) in [5.74, 6) is 0. The Bertz CT molecular complexity index is 1100. The van der Waals surface area contributed by atoms with Crippen molar-refractivity contribution in [3.8, 4) is 0 Å². The van der Waals surface area contributed by atoms with Gasteiger partial charge < -0.3 is 0 Å². The summed E-state index contributed by atoms with van der Waals surface area (Å²) >= 11 is 2.90. The zero-order chi connectivity index (χ0) is 19.9. The molecule has 2 aliphatic carbocycles. The lowest BCUT2D eigenvalue weighted by molar-refractivity contribution is 0.267. The lowest BCUT2D eigenvalue weighted by Gasteiger charge is -2.25. The van der Waals surface area contributed by atoms with Crippen molar-refractivity contribution in [2.45, 2.75) is 71.0 Å². The van der Waals surface area contributed by atoms with Crippen LogP contribution in [0.15, 0.2) is 44.6 Å². The maximum absolute atomic E-state index is 4.88. The third-order valence-electron chi connectivity index (χ3n) is 5.65. The number of benzene rings is 1. The molecular weight excluding hydrogens is 420 g/mol. The Labute approximate surface area is 180 Å². The van der Waals surface area contributed by atoms with Gasteiger partial charge in [-0.1, -0.05) is 12.1 Å². The van der Waals surface area contributed by atoms with E-state index in [0.29, 0.717) is 12.1 Å². The highest BCUT2D eigenvalue weighted by molar-refractivity contribution is 8.02. The van der Waals surface area contributed by atoms with Crippen LogP contribution in [0, 0.1) is 0 Å². The van der Waals surface area contributed by atoms with Crippen LogP contribution in [0.2, 0.25) is 0 Å². The average Bonchev–Trinajstić information content (AvgIpc) is 3.30. The molecule has 6 rings (SSSR count). The fourth-order valence-corrected chi connectivity index (χ4v) is 5.36. The number of aromatic nitrogens is 10. The van der Waals surface area contributed by atoms with Gasteiger partial charge in [-0.3, -0.25) is 0 Å². The van der Waals surface area contributed by atoms with E-state index in [1.165, 1.54) is 36.4 Å². The van der Waals surface area contributed by atoms with Gasteiger partial charge >= 0.3 is 0 Å². The molecule has 0 amide bonds. The maximum Gasteiger partial charge on any atom is 0.215 e. The molecule has 2 fully saturated rings. The molecule has 0 radical (unpaired) electrons. The number of fused-ring (bicyclic) bond motifs is 1. The molecular formula is C18H18N10S2. The van der Waals surface area contributed by atoms with E-state index in [1.807, 2.05) is 33.6 Å². The molecule has 4 aromatic rings.